The molecule has 5 heteroatoms. The number of methoxy groups -OCH3 is 3. The van der Waals surface area contributed by atoms with Gasteiger partial charge in [-0.15, -0.1) is 0 Å². The Balaban J connectivity index is 2.20. The van der Waals surface area contributed by atoms with Crippen molar-refractivity contribution in [3.8, 4) is 11.5 Å². The van der Waals surface area contributed by atoms with E-state index in [1.54, 1.807) is 21.3 Å². The lowest BCUT2D eigenvalue weighted by Crippen LogP contribution is -2.42. The van der Waals surface area contributed by atoms with Gasteiger partial charge in [0.15, 0.2) is 0 Å². The summed E-state index contributed by atoms with van der Waals surface area (Å²) in [4.78, 5) is 2.43. The number of hydrogen-bond acceptors (Lipinski definition) is 5. The molecule has 2 rings (SSSR count). The first-order valence-corrected chi connectivity index (χ1v) is 6.94. The number of nitrogens with zero attached hydrogens (tertiary/aromatic N) is 1. The van der Waals surface area contributed by atoms with Gasteiger partial charge in [-0.3, -0.25) is 4.90 Å². The summed E-state index contributed by atoms with van der Waals surface area (Å²) < 4.78 is 16.2. The van der Waals surface area contributed by atoms with Crippen LogP contribution >= 0.6 is 0 Å². The van der Waals surface area contributed by atoms with Gasteiger partial charge in [0.2, 0.25) is 0 Å². The first-order valence-electron chi connectivity index (χ1n) is 6.94. The molecule has 1 saturated heterocycles. The summed E-state index contributed by atoms with van der Waals surface area (Å²) in [6, 6.07) is 4.16. The lowest BCUT2D eigenvalue weighted by atomic mass is 10.1. The van der Waals surface area contributed by atoms with Crippen LogP contribution in [0, 0.1) is 0 Å². The van der Waals surface area contributed by atoms with Crippen molar-refractivity contribution < 1.29 is 14.2 Å². The van der Waals surface area contributed by atoms with Crippen LogP contribution in [-0.2, 0) is 17.9 Å². The molecule has 5 nitrogen and oxygen atoms in total. The molecule has 0 amide bonds. The van der Waals surface area contributed by atoms with Crippen molar-refractivity contribution in [3.63, 3.8) is 0 Å². The van der Waals surface area contributed by atoms with Gasteiger partial charge in [0.25, 0.3) is 0 Å². The fraction of sp³-hybridized carbons (Fsp3) is 0.600. The molecular formula is C15H24N2O3. The van der Waals surface area contributed by atoms with E-state index in [1.807, 2.05) is 0 Å². The highest BCUT2D eigenvalue weighted by atomic mass is 16.5. The second-order valence-corrected chi connectivity index (χ2v) is 4.94. The predicted octanol–water partition coefficient (Wildman–Crippen LogP) is 1.26. The van der Waals surface area contributed by atoms with Crippen LogP contribution in [0.15, 0.2) is 12.1 Å². The summed E-state index contributed by atoms with van der Waals surface area (Å²) in [6.45, 7) is 5.66. The molecule has 0 unspecified atom stereocenters. The Bertz CT molecular complexity index is 406. The molecule has 20 heavy (non-hydrogen) atoms. The van der Waals surface area contributed by atoms with E-state index in [4.69, 9.17) is 14.2 Å². The fourth-order valence-corrected chi connectivity index (χ4v) is 2.54. The molecule has 1 N–H and O–H groups in total. The topological polar surface area (TPSA) is 43.0 Å². The molecule has 1 fully saturated rings. The molecule has 1 aromatic carbocycles. The second kappa shape index (κ2) is 7.47. The van der Waals surface area contributed by atoms with E-state index < -0.39 is 0 Å². The third kappa shape index (κ3) is 3.62. The van der Waals surface area contributed by atoms with Gasteiger partial charge in [-0.1, -0.05) is 0 Å². The highest BCUT2D eigenvalue weighted by molar-refractivity contribution is 5.47. The Morgan fingerprint density at radius 1 is 1.05 bits per heavy atom. The Morgan fingerprint density at radius 2 is 1.65 bits per heavy atom. The fourth-order valence-electron chi connectivity index (χ4n) is 2.54. The molecule has 1 aliphatic heterocycles. The van der Waals surface area contributed by atoms with Gasteiger partial charge >= 0.3 is 0 Å². The highest BCUT2D eigenvalue weighted by Crippen LogP contribution is 2.31. The predicted molar refractivity (Wildman–Crippen MR) is 78.4 cm³/mol. The maximum atomic E-state index is 5.48. The Kier molecular flexibility index (Phi) is 5.64. The van der Waals surface area contributed by atoms with Gasteiger partial charge < -0.3 is 19.5 Å². The standard InChI is InChI=1S/C15H24N2O3/c1-18-11-13-14(19-2)8-12(9-15(13)20-3)10-17-6-4-16-5-7-17/h8-9,16H,4-7,10-11H2,1-3H3. The summed E-state index contributed by atoms with van der Waals surface area (Å²) >= 11 is 0. The van der Waals surface area contributed by atoms with Gasteiger partial charge in [-0.05, 0) is 17.7 Å². The van der Waals surface area contributed by atoms with E-state index >= 15 is 0 Å². The first-order chi connectivity index (χ1) is 9.78. The average Bonchev–Trinajstić information content (AvgIpc) is 2.49. The molecule has 0 atom stereocenters. The molecule has 0 radical (unpaired) electrons. The van der Waals surface area contributed by atoms with Gasteiger partial charge in [0.05, 0.1) is 26.4 Å². The van der Waals surface area contributed by atoms with Crippen LogP contribution in [-0.4, -0.2) is 52.4 Å². The van der Waals surface area contributed by atoms with Gasteiger partial charge in [0.1, 0.15) is 11.5 Å². The Labute approximate surface area is 120 Å². The van der Waals surface area contributed by atoms with Crippen molar-refractivity contribution in [2.75, 3.05) is 47.5 Å². The summed E-state index contributed by atoms with van der Waals surface area (Å²) in [5, 5.41) is 3.36. The largest absolute Gasteiger partial charge is 0.496 e. The maximum Gasteiger partial charge on any atom is 0.128 e. The van der Waals surface area contributed by atoms with Crippen molar-refractivity contribution in [3.05, 3.63) is 23.3 Å². The van der Waals surface area contributed by atoms with E-state index in [1.165, 1.54) is 5.56 Å². The van der Waals surface area contributed by atoms with Gasteiger partial charge in [0, 0.05) is 39.8 Å². The lowest BCUT2D eigenvalue weighted by Gasteiger charge is -2.27. The molecule has 1 heterocycles. The van der Waals surface area contributed by atoms with Crippen LogP contribution in [0.5, 0.6) is 11.5 Å². The van der Waals surface area contributed by atoms with Crippen LogP contribution in [0.4, 0.5) is 0 Å². The van der Waals surface area contributed by atoms with E-state index in [-0.39, 0.29) is 0 Å². The second-order valence-electron chi connectivity index (χ2n) is 4.94. The van der Waals surface area contributed by atoms with Crippen LogP contribution in [0.25, 0.3) is 0 Å². The van der Waals surface area contributed by atoms with Crippen molar-refractivity contribution in [1.82, 2.24) is 10.2 Å². The molecule has 1 aromatic rings. The smallest absolute Gasteiger partial charge is 0.128 e. The molecule has 0 bridgehead atoms. The zero-order valence-corrected chi connectivity index (χ0v) is 12.6. The maximum absolute atomic E-state index is 5.48. The number of benzene rings is 1. The minimum Gasteiger partial charge on any atom is -0.496 e. The molecular weight excluding hydrogens is 256 g/mol. The Morgan fingerprint density at radius 3 is 2.15 bits per heavy atom. The van der Waals surface area contributed by atoms with E-state index in [9.17, 15) is 0 Å². The molecule has 112 valence electrons. The molecule has 0 spiro atoms. The minimum absolute atomic E-state index is 0.486. The van der Waals surface area contributed by atoms with E-state index in [2.05, 4.69) is 22.3 Å². The summed E-state index contributed by atoms with van der Waals surface area (Å²) in [5.41, 5.74) is 2.17. The zero-order valence-electron chi connectivity index (χ0n) is 12.6. The first kappa shape index (κ1) is 15.1. The quantitative estimate of drug-likeness (QED) is 0.849. The summed E-state index contributed by atoms with van der Waals surface area (Å²) in [6.07, 6.45) is 0. The third-order valence-electron chi connectivity index (χ3n) is 3.57. The molecule has 0 aromatic heterocycles. The molecule has 0 aliphatic carbocycles. The number of rotatable bonds is 6. The van der Waals surface area contributed by atoms with Crippen LogP contribution in [0.2, 0.25) is 0 Å². The third-order valence-corrected chi connectivity index (χ3v) is 3.57. The number of piperazine rings is 1. The number of ether oxygens (including phenoxy) is 3. The van der Waals surface area contributed by atoms with Crippen LogP contribution < -0.4 is 14.8 Å². The van der Waals surface area contributed by atoms with Gasteiger partial charge in [-0.25, -0.2) is 0 Å². The van der Waals surface area contributed by atoms with Crippen LogP contribution in [0.1, 0.15) is 11.1 Å². The molecule has 1 aliphatic rings. The SMILES string of the molecule is COCc1c(OC)cc(CN2CCNCC2)cc1OC. The monoisotopic (exact) mass is 280 g/mol. The van der Waals surface area contributed by atoms with Crippen molar-refractivity contribution >= 4 is 0 Å². The highest BCUT2D eigenvalue weighted by Gasteiger charge is 2.15. The summed E-state index contributed by atoms with van der Waals surface area (Å²) in [7, 11) is 5.04. The minimum atomic E-state index is 0.486. The Hall–Kier alpha value is -1.30. The van der Waals surface area contributed by atoms with E-state index in [0.29, 0.717) is 6.61 Å². The van der Waals surface area contributed by atoms with Gasteiger partial charge in [-0.2, -0.15) is 0 Å². The van der Waals surface area contributed by atoms with Crippen molar-refractivity contribution in [1.29, 1.82) is 0 Å². The number of hydrogen-bond donors (Lipinski definition) is 1. The van der Waals surface area contributed by atoms with Crippen molar-refractivity contribution in [2.45, 2.75) is 13.2 Å². The molecule has 0 saturated carbocycles. The average molecular weight is 280 g/mol. The number of nitrogens with one attached hydrogen (secondary N) is 1. The van der Waals surface area contributed by atoms with Crippen molar-refractivity contribution in [2.24, 2.45) is 0 Å². The normalized spacial score (nSPS) is 16.1. The summed E-state index contributed by atoms with van der Waals surface area (Å²) in [5.74, 6) is 1.66. The zero-order chi connectivity index (χ0) is 14.4. The van der Waals surface area contributed by atoms with Crippen LogP contribution in [0.3, 0.4) is 0 Å². The van der Waals surface area contributed by atoms with E-state index in [0.717, 1.165) is 49.8 Å². The lowest BCUT2D eigenvalue weighted by molar-refractivity contribution is 0.178.